The van der Waals surface area contributed by atoms with Crippen LogP contribution in [0, 0.1) is 11.8 Å². The highest BCUT2D eigenvalue weighted by Crippen LogP contribution is 2.23. The zero-order valence-corrected chi connectivity index (χ0v) is 21.7. The molecule has 0 spiro atoms. The lowest BCUT2D eigenvalue weighted by atomic mass is 9.92. The molecule has 6 nitrogen and oxygen atoms in total. The van der Waals surface area contributed by atoms with E-state index in [2.05, 4.69) is 27.7 Å². The van der Waals surface area contributed by atoms with Gasteiger partial charge in [-0.05, 0) is 54.7 Å². The first-order chi connectivity index (χ1) is 16.4. The van der Waals surface area contributed by atoms with Crippen molar-refractivity contribution in [3.05, 3.63) is 34.4 Å². The van der Waals surface area contributed by atoms with E-state index in [0.717, 1.165) is 37.7 Å². The Morgan fingerprint density at radius 3 is 1.76 bits per heavy atom. The quantitative estimate of drug-likeness (QED) is 0.204. The number of hydrogen-bond acceptors (Lipinski definition) is 4. The Hall–Kier alpha value is -1.92. The highest BCUT2D eigenvalue weighted by atomic mass is 16.5. The molecule has 1 aromatic rings. The molecule has 0 fully saturated rings. The maximum absolute atomic E-state index is 12.0. The molecule has 0 aliphatic heterocycles. The van der Waals surface area contributed by atoms with Crippen molar-refractivity contribution < 1.29 is 29.3 Å². The van der Waals surface area contributed by atoms with Crippen LogP contribution in [0.2, 0.25) is 0 Å². The number of aromatic carboxylic acids is 2. The first-order valence-corrected chi connectivity index (χ1v) is 13.2. The van der Waals surface area contributed by atoms with E-state index in [1.54, 1.807) is 6.07 Å². The predicted octanol–water partition coefficient (Wildman–Crippen LogP) is 6.63. The Bertz CT molecular complexity index is 730. The van der Waals surface area contributed by atoms with Crippen LogP contribution in [0.3, 0.4) is 0 Å². The standard InChI is InChI=1S/C28H46O6/c1-5-9-11-21(7-3)19-33-17-15-23-13-14-25(27(29)30)26(28(31)32)24(23)16-18-34-20-22(8-4)12-10-6-2/h13-14,21-22H,5-12,15-20H2,1-4H3,(H,29,30)(H,31,32). The first-order valence-electron chi connectivity index (χ1n) is 13.2. The van der Waals surface area contributed by atoms with Crippen LogP contribution in [-0.4, -0.2) is 48.6 Å². The minimum absolute atomic E-state index is 0.124. The molecule has 0 bridgehead atoms. The number of carboxylic acid groups (broad SMARTS) is 2. The average molecular weight is 479 g/mol. The van der Waals surface area contributed by atoms with Crippen LogP contribution in [0.5, 0.6) is 0 Å². The minimum Gasteiger partial charge on any atom is -0.478 e. The van der Waals surface area contributed by atoms with E-state index < -0.39 is 11.9 Å². The topological polar surface area (TPSA) is 93.1 Å². The summed E-state index contributed by atoms with van der Waals surface area (Å²) in [6.45, 7) is 10.9. The molecule has 0 saturated carbocycles. The van der Waals surface area contributed by atoms with Gasteiger partial charge in [-0.1, -0.05) is 72.3 Å². The molecule has 6 heteroatoms. The van der Waals surface area contributed by atoms with E-state index in [9.17, 15) is 19.8 Å². The van der Waals surface area contributed by atoms with Gasteiger partial charge in [-0.2, -0.15) is 0 Å². The van der Waals surface area contributed by atoms with Gasteiger partial charge in [0.2, 0.25) is 0 Å². The van der Waals surface area contributed by atoms with Crippen LogP contribution in [0.1, 0.15) is 111 Å². The summed E-state index contributed by atoms with van der Waals surface area (Å²) in [4.78, 5) is 23.7. The molecule has 2 atom stereocenters. The third-order valence-electron chi connectivity index (χ3n) is 6.66. The number of rotatable bonds is 20. The molecule has 0 radical (unpaired) electrons. The fourth-order valence-corrected chi connectivity index (χ4v) is 4.29. The van der Waals surface area contributed by atoms with E-state index >= 15 is 0 Å². The Morgan fingerprint density at radius 1 is 0.794 bits per heavy atom. The minimum atomic E-state index is -1.23. The molecule has 1 rings (SSSR count). The summed E-state index contributed by atoms with van der Waals surface area (Å²) in [6, 6.07) is 3.14. The van der Waals surface area contributed by atoms with Crippen LogP contribution in [-0.2, 0) is 22.3 Å². The smallest absolute Gasteiger partial charge is 0.336 e. The zero-order chi connectivity index (χ0) is 25.3. The number of ether oxygens (including phenoxy) is 2. The molecule has 0 aromatic heterocycles. The maximum atomic E-state index is 12.0. The molecule has 34 heavy (non-hydrogen) atoms. The van der Waals surface area contributed by atoms with Crippen LogP contribution in [0.4, 0.5) is 0 Å². The third-order valence-corrected chi connectivity index (χ3v) is 6.66. The molecule has 194 valence electrons. The second-order valence-electron chi connectivity index (χ2n) is 9.22. The van der Waals surface area contributed by atoms with Crippen molar-refractivity contribution in [2.24, 2.45) is 11.8 Å². The number of benzene rings is 1. The molecule has 2 unspecified atom stereocenters. The molecule has 1 aromatic carbocycles. The van der Waals surface area contributed by atoms with Crippen molar-refractivity contribution in [1.82, 2.24) is 0 Å². The average Bonchev–Trinajstić information content (AvgIpc) is 2.82. The van der Waals surface area contributed by atoms with Gasteiger partial charge >= 0.3 is 11.9 Å². The van der Waals surface area contributed by atoms with Crippen LogP contribution >= 0.6 is 0 Å². The second-order valence-corrected chi connectivity index (χ2v) is 9.22. The number of unbranched alkanes of at least 4 members (excludes halogenated alkanes) is 2. The van der Waals surface area contributed by atoms with Crippen molar-refractivity contribution in [2.75, 3.05) is 26.4 Å². The molecule has 0 amide bonds. The molecule has 0 saturated heterocycles. The molecule has 0 aliphatic rings. The highest BCUT2D eigenvalue weighted by molar-refractivity contribution is 6.03. The Balaban J connectivity index is 2.88. The molecule has 0 aliphatic carbocycles. The van der Waals surface area contributed by atoms with Gasteiger partial charge < -0.3 is 19.7 Å². The Labute approximate surface area is 206 Å². The third kappa shape index (κ3) is 10.6. The van der Waals surface area contributed by atoms with Crippen molar-refractivity contribution in [1.29, 1.82) is 0 Å². The SMILES string of the molecule is CCCCC(CC)COCCc1ccc(C(=O)O)c(C(=O)O)c1CCOCC(CC)CCCC. The van der Waals surface area contributed by atoms with Gasteiger partial charge in [0, 0.05) is 13.2 Å². The van der Waals surface area contributed by atoms with Gasteiger partial charge in [0.15, 0.2) is 0 Å². The first kappa shape index (κ1) is 30.1. The number of hydrogen-bond donors (Lipinski definition) is 2. The highest BCUT2D eigenvalue weighted by Gasteiger charge is 2.23. The maximum Gasteiger partial charge on any atom is 0.336 e. The molecular weight excluding hydrogens is 432 g/mol. The van der Waals surface area contributed by atoms with Gasteiger partial charge in [0.1, 0.15) is 0 Å². The molecule has 2 N–H and O–H groups in total. The van der Waals surface area contributed by atoms with E-state index in [1.165, 1.54) is 25.3 Å². The Kier molecular flexibility index (Phi) is 15.5. The summed E-state index contributed by atoms with van der Waals surface area (Å²) >= 11 is 0. The summed E-state index contributed by atoms with van der Waals surface area (Å²) in [5.74, 6) is -1.41. The fraction of sp³-hybridized carbons (Fsp3) is 0.714. The van der Waals surface area contributed by atoms with Crippen LogP contribution in [0.25, 0.3) is 0 Å². The van der Waals surface area contributed by atoms with Crippen molar-refractivity contribution >= 4 is 11.9 Å². The fourth-order valence-electron chi connectivity index (χ4n) is 4.29. The molecular formula is C28H46O6. The van der Waals surface area contributed by atoms with Crippen LogP contribution < -0.4 is 0 Å². The molecule has 0 heterocycles. The summed E-state index contributed by atoms with van der Waals surface area (Å²) < 4.78 is 11.9. The van der Waals surface area contributed by atoms with Crippen molar-refractivity contribution in [3.8, 4) is 0 Å². The number of carboxylic acids is 2. The van der Waals surface area contributed by atoms with Gasteiger partial charge in [0.05, 0.1) is 24.3 Å². The zero-order valence-electron chi connectivity index (χ0n) is 21.7. The summed E-state index contributed by atoms with van der Waals surface area (Å²) in [5, 5.41) is 19.4. The van der Waals surface area contributed by atoms with Gasteiger partial charge in [-0.25, -0.2) is 9.59 Å². The summed E-state index contributed by atoms with van der Waals surface area (Å²) in [6.07, 6.45) is 10.0. The van der Waals surface area contributed by atoms with E-state index in [1.807, 2.05) is 0 Å². The second kappa shape index (κ2) is 17.5. The van der Waals surface area contributed by atoms with Gasteiger partial charge in [-0.3, -0.25) is 0 Å². The largest absolute Gasteiger partial charge is 0.478 e. The normalized spacial score (nSPS) is 13.1. The number of carbonyl (C=O) groups is 2. The lowest BCUT2D eigenvalue weighted by molar-refractivity contribution is 0.0648. The van der Waals surface area contributed by atoms with E-state index in [-0.39, 0.29) is 11.1 Å². The lowest BCUT2D eigenvalue weighted by Crippen LogP contribution is -2.17. The van der Waals surface area contributed by atoms with Crippen LogP contribution in [0.15, 0.2) is 12.1 Å². The van der Waals surface area contributed by atoms with Crippen molar-refractivity contribution in [2.45, 2.75) is 91.9 Å². The predicted molar refractivity (Wildman–Crippen MR) is 136 cm³/mol. The monoisotopic (exact) mass is 478 g/mol. The summed E-state index contributed by atoms with van der Waals surface area (Å²) in [5.41, 5.74) is 1.08. The summed E-state index contributed by atoms with van der Waals surface area (Å²) in [7, 11) is 0. The van der Waals surface area contributed by atoms with E-state index in [0.29, 0.717) is 56.7 Å². The Morgan fingerprint density at radius 2 is 1.32 bits per heavy atom. The van der Waals surface area contributed by atoms with Gasteiger partial charge in [-0.15, -0.1) is 0 Å². The lowest BCUT2D eigenvalue weighted by Gasteiger charge is -2.18. The van der Waals surface area contributed by atoms with Gasteiger partial charge in [0.25, 0.3) is 0 Å². The van der Waals surface area contributed by atoms with E-state index in [4.69, 9.17) is 9.47 Å². The van der Waals surface area contributed by atoms with Crippen molar-refractivity contribution in [3.63, 3.8) is 0 Å².